The first-order chi connectivity index (χ1) is 12.2. The van der Waals surface area contributed by atoms with Crippen LogP contribution in [0, 0.1) is 6.92 Å². The number of rotatable bonds is 5. The highest BCUT2D eigenvalue weighted by Crippen LogP contribution is 2.24. The second-order valence-corrected chi connectivity index (χ2v) is 5.60. The number of aryl methyl sites for hydroxylation is 1. The number of aliphatic imine (C=N–C) groups is 1. The molecule has 0 saturated heterocycles. The van der Waals surface area contributed by atoms with Crippen molar-refractivity contribution in [3.63, 3.8) is 0 Å². The van der Waals surface area contributed by atoms with Gasteiger partial charge in [0.15, 0.2) is 5.96 Å². The third kappa shape index (κ3) is 4.46. The van der Waals surface area contributed by atoms with Gasteiger partial charge in [0.05, 0.1) is 13.7 Å². The van der Waals surface area contributed by atoms with Crippen molar-refractivity contribution in [2.45, 2.75) is 20.0 Å². The fourth-order valence-electron chi connectivity index (χ4n) is 2.70. The van der Waals surface area contributed by atoms with Crippen LogP contribution in [0.15, 0.2) is 52.0 Å². The maximum Gasteiger partial charge on any atom is 0.218 e. The summed E-state index contributed by atoms with van der Waals surface area (Å²) in [6.45, 7) is 3.19. The molecule has 7 heteroatoms. The van der Waals surface area contributed by atoms with E-state index >= 15 is 0 Å². The van der Waals surface area contributed by atoms with E-state index in [1.54, 1.807) is 20.4 Å². The van der Waals surface area contributed by atoms with Gasteiger partial charge in [-0.05, 0) is 19.1 Å². The Labute approximate surface area is 170 Å². The van der Waals surface area contributed by atoms with Gasteiger partial charge in [0, 0.05) is 36.3 Å². The summed E-state index contributed by atoms with van der Waals surface area (Å²) in [6, 6.07) is 11.9. The molecule has 0 atom stereocenters. The van der Waals surface area contributed by atoms with E-state index in [2.05, 4.69) is 33.6 Å². The van der Waals surface area contributed by atoms with Crippen molar-refractivity contribution < 1.29 is 9.15 Å². The summed E-state index contributed by atoms with van der Waals surface area (Å²) in [4.78, 5) is 8.44. The van der Waals surface area contributed by atoms with Gasteiger partial charge >= 0.3 is 0 Å². The minimum Gasteiger partial charge on any atom is -0.481 e. The Bertz CT molecular complexity index is 892. The van der Waals surface area contributed by atoms with E-state index in [-0.39, 0.29) is 24.0 Å². The van der Waals surface area contributed by atoms with Crippen LogP contribution in [0.25, 0.3) is 11.0 Å². The molecule has 0 unspecified atom stereocenters. The summed E-state index contributed by atoms with van der Waals surface area (Å²) >= 11 is 0. The lowest BCUT2D eigenvalue weighted by atomic mass is 10.1. The maximum atomic E-state index is 5.92. The van der Waals surface area contributed by atoms with Crippen LogP contribution in [0.4, 0.5) is 0 Å². The molecule has 3 rings (SSSR count). The van der Waals surface area contributed by atoms with E-state index in [0.717, 1.165) is 27.9 Å². The molecule has 0 aliphatic heterocycles. The van der Waals surface area contributed by atoms with Crippen molar-refractivity contribution in [2.75, 3.05) is 14.2 Å². The molecule has 2 aromatic heterocycles. The van der Waals surface area contributed by atoms with Gasteiger partial charge in [-0.1, -0.05) is 24.3 Å². The van der Waals surface area contributed by atoms with Crippen LogP contribution in [0.1, 0.15) is 16.9 Å². The molecule has 0 radical (unpaired) electrons. The summed E-state index contributed by atoms with van der Waals surface area (Å²) in [6.07, 6.45) is 1.71. The van der Waals surface area contributed by atoms with E-state index < -0.39 is 0 Å². The Kier molecular flexibility index (Phi) is 7.26. The molecule has 6 nitrogen and oxygen atoms in total. The topological polar surface area (TPSA) is 71.7 Å². The number of ether oxygens (including phenoxy) is 1. The minimum absolute atomic E-state index is 0. The lowest BCUT2D eigenvalue weighted by molar-refractivity contribution is 0.392. The van der Waals surface area contributed by atoms with E-state index in [0.29, 0.717) is 24.9 Å². The van der Waals surface area contributed by atoms with Crippen LogP contribution in [-0.4, -0.2) is 25.1 Å². The Morgan fingerprint density at radius 2 is 1.92 bits per heavy atom. The summed E-state index contributed by atoms with van der Waals surface area (Å²) < 4.78 is 11.2. The largest absolute Gasteiger partial charge is 0.481 e. The van der Waals surface area contributed by atoms with Crippen molar-refractivity contribution in [3.05, 3.63) is 59.5 Å². The molecule has 0 fully saturated rings. The number of hydrogen-bond acceptors (Lipinski definition) is 4. The number of para-hydroxylation sites is 1. The van der Waals surface area contributed by atoms with Crippen molar-refractivity contribution >= 4 is 40.9 Å². The van der Waals surface area contributed by atoms with Crippen molar-refractivity contribution in [1.29, 1.82) is 0 Å². The highest BCUT2D eigenvalue weighted by molar-refractivity contribution is 14.0. The van der Waals surface area contributed by atoms with Gasteiger partial charge < -0.3 is 19.8 Å². The van der Waals surface area contributed by atoms with E-state index in [1.807, 2.05) is 30.3 Å². The lowest BCUT2D eigenvalue weighted by Gasteiger charge is -2.12. The molecular weight excluding hydrogens is 443 g/mol. The van der Waals surface area contributed by atoms with Gasteiger partial charge in [-0.3, -0.25) is 4.99 Å². The number of pyridine rings is 1. The molecule has 26 heavy (non-hydrogen) atoms. The van der Waals surface area contributed by atoms with E-state index in [9.17, 15) is 0 Å². The standard InChI is InChI=1S/C19H22N4O2.HI/c1-13-15-8-4-5-9-16(15)25-17(13)12-23-19(20-2)22-11-14-7-6-10-21-18(14)24-3;/h4-10H,11-12H2,1-3H3,(H2,20,22,23);1H. The Morgan fingerprint density at radius 3 is 2.65 bits per heavy atom. The van der Waals surface area contributed by atoms with Crippen LogP contribution in [0.2, 0.25) is 0 Å². The van der Waals surface area contributed by atoms with E-state index in [1.165, 1.54) is 0 Å². The number of nitrogens with zero attached hydrogens (tertiary/aromatic N) is 2. The zero-order valence-electron chi connectivity index (χ0n) is 15.1. The molecular formula is C19H23IN4O2. The molecule has 1 aromatic carbocycles. The number of fused-ring (bicyclic) bond motifs is 1. The molecule has 3 aromatic rings. The highest BCUT2D eigenvalue weighted by Gasteiger charge is 2.10. The molecule has 138 valence electrons. The van der Waals surface area contributed by atoms with Crippen LogP contribution in [-0.2, 0) is 13.1 Å². The second kappa shape index (κ2) is 9.42. The van der Waals surface area contributed by atoms with Crippen LogP contribution in [0.5, 0.6) is 5.88 Å². The fourth-order valence-corrected chi connectivity index (χ4v) is 2.70. The first-order valence-electron chi connectivity index (χ1n) is 8.12. The smallest absolute Gasteiger partial charge is 0.218 e. The molecule has 0 saturated carbocycles. The quantitative estimate of drug-likeness (QED) is 0.342. The molecule has 0 spiro atoms. The second-order valence-electron chi connectivity index (χ2n) is 5.60. The molecule has 0 aliphatic carbocycles. The average molecular weight is 466 g/mol. The van der Waals surface area contributed by atoms with Crippen LogP contribution >= 0.6 is 24.0 Å². The first kappa shape index (κ1) is 20.0. The zero-order valence-corrected chi connectivity index (χ0v) is 17.4. The normalized spacial score (nSPS) is 11.1. The van der Waals surface area contributed by atoms with Crippen molar-refractivity contribution in [3.8, 4) is 5.88 Å². The zero-order chi connectivity index (χ0) is 17.6. The third-order valence-electron chi connectivity index (χ3n) is 4.07. The number of benzene rings is 1. The number of hydrogen-bond donors (Lipinski definition) is 2. The Balaban J connectivity index is 0.00000243. The summed E-state index contributed by atoms with van der Waals surface area (Å²) in [5.41, 5.74) is 3.01. The number of aromatic nitrogens is 1. The van der Waals surface area contributed by atoms with Gasteiger partial charge in [-0.2, -0.15) is 0 Å². The number of furan rings is 1. The maximum absolute atomic E-state index is 5.92. The predicted molar refractivity (Wildman–Crippen MR) is 114 cm³/mol. The van der Waals surface area contributed by atoms with Crippen LogP contribution < -0.4 is 15.4 Å². The molecule has 2 N–H and O–H groups in total. The number of nitrogens with one attached hydrogen (secondary N) is 2. The molecule has 2 heterocycles. The third-order valence-corrected chi connectivity index (χ3v) is 4.07. The van der Waals surface area contributed by atoms with Gasteiger partial charge in [0.2, 0.25) is 5.88 Å². The summed E-state index contributed by atoms with van der Waals surface area (Å²) in [5.74, 6) is 2.20. The Morgan fingerprint density at radius 1 is 1.15 bits per heavy atom. The van der Waals surface area contributed by atoms with Gasteiger partial charge in [-0.15, -0.1) is 24.0 Å². The monoisotopic (exact) mass is 466 g/mol. The van der Waals surface area contributed by atoms with Crippen molar-refractivity contribution in [2.24, 2.45) is 4.99 Å². The fraction of sp³-hybridized carbons (Fsp3) is 0.263. The SMILES string of the molecule is CN=C(NCc1cccnc1OC)NCc1oc2ccccc2c1C.I. The lowest BCUT2D eigenvalue weighted by Crippen LogP contribution is -2.36. The highest BCUT2D eigenvalue weighted by atomic mass is 127. The van der Waals surface area contributed by atoms with E-state index in [4.69, 9.17) is 9.15 Å². The number of methoxy groups -OCH3 is 1. The van der Waals surface area contributed by atoms with Gasteiger partial charge in [0.25, 0.3) is 0 Å². The average Bonchev–Trinajstić information content (AvgIpc) is 2.98. The summed E-state index contributed by atoms with van der Waals surface area (Å²) in [5, 5.41) is 7.68. The van der Waals surface area contributed by atoms with Crippen molar-refractivity contribution in [1.82, 2.24) is 15.6 Å². The van der Waals surface area contributed by atoms with Crippen LogP contribution in [0.3, 0.4) is 0 Å². The summed E-state index contributed by atoms with van der Waals surface area (Å²) in [7, 11) is 3.35. The van der Waals surface area contributed by atoms with Gasteiger partial charge in [0.1, 0.15) is 11.3 Å². The number of halogens is 1. The predicted octanol–water partition coefficient (Wildman–Crippen LogP) is 3.63. The van der Waals surface area contributed by atoms with Gasteiger partial charge in [-0.25, -0.2) is 4.98 Å². The minimum atomic E-state index is 0. The molecule has 0 aliphatic rings. The Hall–Kier alpha value is -2.29. The molecule has 0 amide bonds. The first-order valence-corrected chi connectivity index (χ1v) is 8.12. The molecule has 0 bridgehead atoms. The number of guanidine groups is 1.